The highest BCUT2D eigenvalue weighted by Crippen LogP contribution is 2.36. The third-order valence-electron chi connectivity index (χ3n) is 6.11. The van der Waals surface area contributed by atoms with Crippen molar-refractivity contribution in [1.29, 1.82) is 0 Å². The van der Waals surface area contributed by atoms with Gasteiger partial charge < -0.3 is 19.5 Å². The molecule has 3 aromatic rings. The van der Waals surface area contributed by atoms with Gasteiger partial charge in [0.05, 0.1) is 6.54 Å². The van der Waals surface area contributed by atoms with E-state index < -0.39 is 18.1 Å². The van der Waals surface area contributed by atoms with Gasteiger partial charge >= 0.3 is 5.97 Å². The molecule has 1 atom stereocenters. The fourth-order valence-corrected chi connectivity index (χ4v) is 4.67. The molecular formula is C28H27Cl2NO5. The lowest BCUT2D eigenvalue weighted by atomic mass is 9.87. The lowest BCUT2D eigenvalue weighted by Gasteiger charge is -2.36. The maximum absolute atomic E-state index is 13.2. The number of halogens is 2. The molecule has 0 saturated carbocycles. The number of fused-ring (bicyclic) bond motifs is 1. The van der Waals surface area contributed by atoms with E-state index in [1.165, 1.54) is 4.90 Å². The van der Waals surface area contributed by atoms with Crippen molar-refractivity contribution < 1.29 is 24.2 Å². The van der Waals surface area contributed by atoms with Gasteiger partial charge in [0, 0.05) is 22.0 Å². The number of amides is 1. The third-order valence-corrected chi connectivity index (χ3v) is 6.60. The molecule has 0 aliphatic carbocycles. The molecule has 0 fully saturated rings. The number of nitrogens with zero attached hydrogens (tertiary/aromatic N) is 1. The summed E-state index contributed by atoms with van der Waals surface area (Å²) in [7, 11) is 0. The molecular weight excluding hydrogens is 501 g/mol. The molecule has 4 rings (SSSR count). The number of carbonyl (C=O) groups is 2. The number of carboxylic acids is 1. The molecule has 188 valence electrons. The van der Waals surface area contributed by atoms with Crippen molar-refractivity contribution in [3.8, 4) is 11.5 Å². The second kappa shape index (κ2) is 11.2. The van der Waals surface area contributed by atoms with Crippen molar-refractivity contribution in [3.05, 3.63) is 93.5 Å². The number of carboxylic acid groups (broad SMARTS) is 1. The molecule has 1 aliphatic heterocycles. The van der Waals surface area contributed by atoms with Crippen LogP contribution >= 0.6 is 23.2 Å². The predicted octanol–water partition coefficient (Wildman–Crippen LogP) is 5.93. The summed E-state index contributed by atoms with van der Waals surface area (Å²) in [6, 6.07) is 19.9. The highest BCUT2D eigenvalue weighted by Gasteiger charge is 2.32. The molecule has 1 amide bonds. The van der Waals surface area contributed by atoms with E-state index in [1.54, 1.807) is 42.5 Å². The minimum atomic E-state index is -1.09. The molecule has 36 heavy (non-hydrogen) atoms. The quantitative estimate of drug-likeness (QED) is 0.373. The average molecular weight is 528 g/mol. The lowest BCUT2D eigenvalue weighted by molar-refractivity contribution is -0.137. The van der Waals surface area contributed by atoms with Crippen molar-refractivity contribution in [2.75, 3.05) is 19.7 Å². The van der Waals surface area contributed by atoms with Crippen molar-refractivity contribution >= 4 is 35.1 Å². The van der Waals surface area contributed by atoms with Crippen LogP contribution in [0.3, 0.4) is 0 Å². The number of hydrogen-bond donors (Lipinski definition) is 1. The van der Waals surface area contributed by atoms with Crippen LogP contribution in [0, 0.1) is 0 Å². The lowest BCUT2D eigenvalue weighted by Crippen LogP contribution is -2.39. The molecule has 0 bridgehead atoms. The van der Waals surface area contributed by atoms with Gasteiger partial charge in [0.25, 0.3) is 5.91 Å². The summed E-state index contributed by atoms with van der Waals surface area (Å²) in [5.41, 5.74) is 2.06. The number of aryl methyl sites for hydroxylation is 1. The van der Waals surface area contributed by atoms with E-state index in [4.69, 9.17) is 32.7 Å². The van der Waals surface area contributed by atoms with Crippen LogP contribution in [0.25, 0.3) is 0 Å². The van der Waals surface area contributed by atoms with Crippen molar-refractivity contribution in [2.24, 2.45) is 0 Å². The first-order valence-electron chi connectivity index (χ1n) is 11.7. The molecule has 1 N–H and O–H groups in total. The van der Waals surface area contributed by atoms with E-state index in [0.29, 0.717) is 27.8 Å². The minimum Gasteiger partial charge on any atom is -0.492 e. The maximum atomic E-state index is 13.2. The SMILES string of the molecule is C[C@@]1(Cc2cccc(Cl)c2)CCc2cc(C(=O)N(CCOc3ccc(Cl)cc3)CC(=O)O)ccc2O1. The standard InChI is InChI=1S/C28H27Cl2NO5/c1-28(17-19-3-2-4-23(30)15-19)12-11-20-16-21(5-10-25(20)36-28)27(34)31(18-26(32)33)13-14-35-24-8-6-22(29)7-9-24/h2-10,15-16H,11-14,17-18H2,1H3,(H,32,33)/t28-/m0/s1. The van der Waals surface area contributed by atoms with Crippen LogP contribution in [-0.4, -0.2) is 47.2 Å². The van der Waals surface area contributed by atoms with Gasteiger partial charge in [0.2, 0.25) is 0 Å². The monoisotopic (exact) mass is 527 g/mol. The highest BCUT2D eigenvalue weighted by molar-refractivity contribution is 6.30. The molecule has 0 spiro atoms. The van der Waals surface area contributed by atoms with Gasteiger partial charge in [-0.3, -0.25) is 9.59 Å². The van der Waals surface area contributed by atoms with Gasteiger partial charge in [-0.05, 0) is 85.5 Å². The Balaban J connectivity index is 1.43. The summed E-state index contributed by atoms with van der Waals surface area (Å²) in [5, 5.41) is 10.6. The molecule has 1 aliphatic rings. The molecule has 3 aromatic carbocycles. The van der Waals surface area contributed by atoms with Crippen LogP contribution in [0.5, 0.6) is 11.5 Å². The molecule has 1 heterocycles. The first-order chi connectivity index (χ1) is 17.2. The third kappa shape index (κ3) is 6.71. The normalized spacial score (nSPS) is 16.5. The van der Waals surface area contributed by atoms with Gasteiger partial charge in [-0.2, -0.15) is 0 Å². The Morgan fingerprint density at radius 3 is 2.56 bits per heavy atom. The van der Waals surface area contributed by atoms with Gasteiger partial charge in [0.1, 0.15) is 30.3 Å². The minimum absolute atomic E-state index is 0.124. The number of carbonyl (C=O) groups excluding carboxylic acids is 1. The van der Waals surface area contributed by atoms with Crippen LogP contribution < -0.4 is 9.47 Å². The Morgan fingerprint density at radius 2 is 1.83 bits per heavy atom. The number of benzene rings is 3. The fraction of sp³-hybridized carbons (Fsp3) is 0.286. The Hall–Kier alpha value is -3.22. The van der Waals surface area contributed by atoms with Crippen LogP contribution in [0.1, 0.15) is 34.8 Å². The highest BCUT2D eigenvalue weighted by atomic mass is 35.5. The van der Waals surface area contributed by atoms with E-state index in [1.807, 2.05) is 24.3 Å². The number of ether oxygens (including phenoxy) is 2. The van der Waals surface area contributed by atoms with Crippen LogP contribution in [0.2, 0.25) is 10.0 Å². The molecule has 0 unspecified atom stereocenters. The Kier molecular flexibility index (Phi) is 8.07. The Bertz CT molecular complexity index is 1250. The van der Waals surface area contributed by atoms with Crippen LogP contribution in [0.4, 0.5) is 0 Å². The summed E-state index contributed by atoms with van der Waals surface area (Å²) in [5.74, 6) is -0.132. The Labute approximate surface area is 220 Å². The number of hydrogen-bond acceptors (Lipinski definition) is 4. The summed E-state index contributed by atoms with van der Waals surface area (Å²) in [4.78, 5) is 25.9. The molecule has 6 nitrogen and oxygen atoms in total. The predicted molar refractivity (Wildman–Crippen MR) is 139 cm³/mol. The first kappa shape index (κ1) is 25.9. The Morgan fingerprint density at radius 1 is 1.06 bits per heavy atom. The maximum Gasteiger partial charge on any atom is 0.323 e. The zero-order valence-corrected chi connectivity index (χ0v) is 21.4. The average Bonchev–Trinajstić information content (AvgIpc) is 2.83. The van der Waals surface area contributed by atoms with Gasteiger partial charge in [0.15, 0.2) is 0 Å². The zero-order chi connectivity index (χ0) is 25.7. The number of rotatable bonds is 9. The largest absolute Gasteiger partial charge is 0.492 e. The smallest absolute Gasteiger partial charge is 0.323 e. The summed E-state index contributed by atoms with van der Waals surface area (Å²) in [6.45, 7) is 1.93. The van der Waals surface area contributed by atoms with Gasteiger partial charge in [-0.1, -0.05) is 35.3 Å². The van der Waals surface area contributed by atoms with E-state index in [2.05, 4.69) is 6.92 Å². The molecule has 0 radical (unpaired) electrons. The van der Waals surface area contributed by atoms with Gasteiger partial charge in [-0.15, -0.1) is 0 Å². The van der Waals surface area contributed by atoms with E-state index >= 15 is 0 Å². The zero-order valence-electron chi connectivity index (χ0n) is 19.9. The first-order valence-corrected chi connectivity index (χ1v) is 12.4. The van der Waals surface area contributed by atoms with Crippen molar-refractivity contribution in [3.63, 3.8) is 0 Å². The second-order valence-electron chi connectivity index (χ2n) is 9.10. The summed E-state index contributed by atoms with van der Waals surface area (Å²) >= 11 is 12.0. The summed E-state index contributed by atoms with van der Waals surface area (Å²) < 4.78 is 12.0. The number of aliphatic carboxylic acids is 1. The van der Waals surface area contributed by atoms with Crippen LogP contribution in [-0.2, 0) is 17.6 Å². The fourth-order valence-electron chi connectivity index (χ4n) is 4.33. The van der Waals surface area contributed by atoms with Crippen molar-refractivity contribution in [2.45, 2.75) is 31.8 Å². The summed E-state index contributed by atoms with van der Waals surface area (Å²) in [6.07, 6.45) is 2.23. The van der Waals surface area contributed by atoms with Gasteiger partial charge in [-0.25, -0.2) is 0 Å². The van der Waals surface area contributed by atoms with E-state index in [-0.39, 0.29) is 19.1 Å². The molecule has 0 aromatic heterocycles. The molecule has 0 saturated heterocycles. The van der Waals surface area contributed by atoms with E-state index in [9.17, 15) is 14.7 Å². The van der Waals surface area contributed by atoms with Crippen LogP contribution in [0.15, 0.2) is 66.7 Å². The molecule has 8 heteroatoms. The topological polar surface area (TPSA) is 76.1 Å². The van der Waals surface area contributed by atoms with E-state index in [0.717, 1.165) is 29.7 Å². The van der Waals surface area contributed by atoms with Crippen molar-refractivity contribution in [1.82, 2.24) is 4.90 Å². The second-order valence-corrected chi connectivity index (χ2v) is 9.98.